The monoisotopic (exact) mass is 439 g/mol. The van der Waals surface area contributed by atoms with Crippen molar-refractivity contribution in [2.24, 2.45) is 0 Å². The molecule has 0 atom stereocenters. The summed E-state index contributed by atoms with van der Waals surface area (Å²) in [4.78, 5) is 9.58. The van der Waals surface area contributed by atoms with Gasteiger partial charge in [0.15, 0.2) is 5.65 Å². The molecule has 1 N–H and O–H groups in total. The number of aromatic nitrogens is 3. The summed E-state index contributed by atoms with van der Waals surface area (Å²) in [5.74, 6) is 0.510. The number of rotatable bonds is 6. The van der Waals surface area contributed by atoms with E-state index in [0.29, 0.717) is 35.6 Å². The summed E-state index contributed by atoms with van der Waals surface area (Å²) in [5.41, 5.74) is 5.12. The van der Waals surface area contributed by atoms with E-state index in [2.05, 4.69) is 0 Å². The summed E-state index contributed by atoms with van der Waals surface area (Å²) in [7, 11) is 1.62. The molecule has 0 aliphatic rings. The Morgan fingerprint density at radius 1 is 0.848 bits per heavy atom. The highest BCUT2D eigenvalue weighted by molar-refractivity contribution is 5.63. The summed E-state index contributed by atoms with van der Waals surface area (Å²) in [6.45, 7) is 0. The molecule has 0 bridgehead atoms. The van der Waals surface area contributed by atoms with E-state index in [1.807, 2.05) is 60.7 Å². The molecule has 0 amide bonds. The minimum absolute atomic E-state index is 0.0629. The van der Waals surface area contributed by atoms with Gasteiger partial charge in [0.1, 0.15) is 17.3 Å². The number of hydrogen-bond acceptors (Lipinski definition) is 4. The predicted molar refractivity (Wildman–Crippen MR) is 125 cm³/mol. The number of nitrogens with zero attached hydrogens (tertiary/aromatic N) is 3. The molecular formula is C27H22FN3O2. The number of aromatic hydroxyl groups is 1. The second kappa shape index (κ2) is 8.74. The smallest absolute Gasteiger partial charge is 0.219 e. The Hall–Kier alpha value is -4.19. The maximum absolute atomic E-state index is 13.8. The minimum atomic E-state index is -0.298. The molecule has 0 saturated heterocycles. The molecule has 164 valence electrons. The van der Waals surface area contributed by atoms with Crippen molar-refractivity contribution in [2.45, 2.75) is 12.8 Å². The Labute approximate surface area is 190 Å². The number of halogens is 1. The lowest BCUT2D eigenvalue weighted by Gasteiger charge is -2.08. The van der Waals surface area contributed by atoms with Crippen molar-refractivity contribution in [2.75, 3.05) is 7.11 Å². The molecule has 0 aliphatic heterocycles. The van der Waals surface area contributed by atoms with Gasteiger partial charge in [-0.05, 0) is 35.4 Å². The highest BCUT2D eigenvalue weighted by Gasteiger charge is 2.18. The van der Waals surface area contributed by atoms with Crippen molar-refractivity contribution in [1.29, 1.82) is 0 Å². The van der Waals surface area contributed by atoms with E-state index in [-0.39, 0.29) is 11.7 Å². The first-order chi connectivity index (χ1) is 16.1. The average Bonchev–Trinajstić information content (AvgIpc) is 3.15. The normalized spacial score (nSPS) is 11.1. The number of fused-ring (bicyclic) bond motifs is 1. The first-order valence-electron chi connectivity index (χ1n) is 10.6. The molecule has 5 rings (SSSR count). The van der Waals surface area contributed by atoms with Gasteiger partial charge in [-0.1, -0.05) is 54.6 Å². The van der Waals surface area contributed by atoms with Gasteiger partial charge in [-0.2, -0.15) is 0 Å². The fraction of sp³-hybridized carbons (Fsp3) is 0.111. The zero-order valence-corrected chi connectivity index (χ0v) is 18.1. The van der Waals surface area contributed by atoms with Gasteiger partial charge in [0.05, 0.1) is 18.5 Å². The Bertz CT molecular complexity index is 1430. The van der Waals surface area contributed by atoms with Crippen LogP contribution in [0.1, 0.15) is 22.5 Å². The van der Waals surface area contributed by atoms with Gasteiger partial charge in [-0.25, -0.2) is 14.4 Å². The zero-order chi connectivity index (χ0) is 22.8. The van der Waals surface area contributed by atoms with Crippen molar-refractivity contribution < 1.29 is 14.2 Å². The lowest BCUT2D eigenvalue weighted by atomic mass is 10.1. The summed E-state index contributed by atoms with van der Waals surface area (Å²) in [6.07, 6.45) is 2.61. The molecule has 33 heavy (non-hydrogen) atoms. The van der Waals surface area contributed by atoms with Gasteiger partial charge in [0.25, 0.3) is 0 Å². The molecule has 0 fully saturated rings. The maximum atomic E-state index is 13.8. The van der Waals surface area contributed by atoms with E-state index in [4.69, 9.17) is 14.7 Å². The van der Waals surface area contributed by atoms with Crippen molar-refractivity contribution in [3.05, 3.63) is 113 Å². The third kappa shape index (κ3) is 4.28. The van der Waals surface area contributed by atoms with Crippen LogP contribution in [0.2, 0.25) is 0 Å². The quantitative estimate of drug-likeness (QED) is 0.383. The Morgan fingerprint density at radius 3 is 2.33 bits per heavy atom. The largest absolute Gasteiger partial charge is 0.497 e. The summed E-state index contributed by atoms with van der Waals surface area (Å²) in [5, 5.41) is 11.1. The number of ether oxygens (including phenoxy) is 1. The number of imidazole rings is 1. The molecule has 0 spiro atoms. The number of methoxy groups -OCH3 is 1. The van der Waals surface area contributed by atoms with Crippen LogP contribution in [0.4, 0.5) is 4.39 Å². The van der Waals surface area contributed by atoms with Crippen molar-refractivity contribution in [1.82, 2.24) is 14.4 Å². The zero-order valence-electron chi connectivity index (χ0n) is 18.1. The molecular weight excluding hydrogens is 417 g/mol. The standard InChI is InChI=1S/C27H22FN3O2/c1-33-22-12-6-8-19(14-22)16-24-27(32)31-17-25(20-9-3-2-4-10-20)29-23(26(31)30-24)15-18-7-5-11-21(28)13-18/h2-14,17,32H,15-16H2,1H3. The fourth-order valence-corrected chi connectivity index (χ4v) is 3.94. The molecule has 5 aromatic rings. The fourth-order valence-electron chi connectivity index (χ4n) is 3.94. The van der Waals surface area contributed by atoms with Crippen molar-refractivity contribution in [3.63, 3.8) is 0 Å². The summed E-state index contributed by atoms with van der Waals surface area (Å²) >= 11 is 0. The third-order valence-corrected chi connectivity index (χ3v) is 5.56. The van der Waals surface area contributed by atoms with Crippen LogP contribution >= 0.6 is 0 Å². The Kier molecular flexibility index (Phi) is 5.48. The van der Waals surface area contributed by atoms with Gasteiger partial charge >= 0.3 is 0 Å². The van der Waals surface area contributed by atoms with E-state index in [1.54, 1.807) is 23.8 Å². The molecule has 0 radical (unpaired) electrons. The topological polar surface area (TPSA) is 59.7 Å². The van der Waals surface area contributed by atoms with Crippen LogP contribution in [0.3, 0.4) is 0 Å². The van der Waals surface area contributed by atoms with E-state index in [1.165, 1.54) is 12.1 Å². The van der Waals surface area contributed by atoms with Crippen LogP contribution < -0.4 is 4.74 Å². The minimum Gasteiger partial charge on any atom is -0.497 e. The van der Waals surface area contributed by atoms with Gasteiger partial charge in [0.2, 0.25) is 5.88 Å². The van der Waals surface area contributed by atoms with Gasteiger partial charge in [-0.15, -0.1) is 0 Å². The molecule has 3 aromatic carbocycles. The summed E-state index contributed by atoms with van der Waals surface area (Å²) in [6, 6.07) is 23.9. The Morgan fingerprint density at radius 2 is 1.58 bits per heavy atom. The first kappa shape index (κ1) is 20.7. The van der Waals surface area contributed by atoms with E-state index in [9.17, 15) is 9.50 Å². The summed E-state index contributed by atoms with van der Waals surface area (Å²) < 4.78 is 20.8. The molecule has 2 heterocycles. The van der Waals surface area contributed by atoms with Crippen LogP contribution in [-0.2, 0) is 12.8 Å². The first-order valence-corrected chi connectivity index (χ1v) is 10.6. The average molecular weight is 439 g/mol. The van der Waals surface area contributed by atoms with E-state index >= 15 is 0 Å². The van der Waals surface area contributed by atoms with Crippen LogP contribution in [0.15, 0.2) is 85.1 Å². The van der Waals surface area contributed by atoms with Gasteiger partial charge < -0.3 is 9.84 Å². The Balaban J connectivity index is 1.63. The van der Waals surface area contributed by atoms with E-state index < -0.39 is 0 Å². The number of benzene rings is 3. The van der Waals surface area contributed by atoms with Gasteiger partial charge in [0, 0.05) is 24.6 Å². The molecule has 0 saturated carbocycles. The van der Waals surface area contributed by atoms with Gasteiger partial charge in [-0.3, -0.25) is 4.40 Å². The second-order valence-electron chi connectivity index (χ2n) is 7.85. The second-order valence-corrected chi connectivity index (χ2v) is 7.85. The number of hydrogen-bond donors (Lipinski definition) is 1. The van der Waals surface area contributed by atoms with Crippen LogP contribution in [0.25, 0.3) is 16.9 Å². The van der Waals surface area contributed by atoms with Crippen molar-refractivity contribution >= 4 is 5.65 Å². The SMILES string of the molecule is COc1cccc(Cc2nc3c(Cc4cccc(F)c4)nc(-c4ccccc4)cn3c2O)c1. The molecule has 6 heteroatoms. The van der Waals surface area contributed by atoms with Crippen LogP contribution in [0.5, 0.6) is 11.6 Å². The van der Waals surface area contributed by atoms with Crippen LogP contribution in [0, 0.1) is 5.82 Å². The molecule has 0 aliphatic carbocycles. The predicted octanol–water partition coefficient (Wildman–Crippen LogP) is 5.43. The molecule has 0 unspecified atom stereocenters. The molecule has 5 nitrogen and oxygen atoms in total. The highest BCUT2D eigenvalue weighted by atomic mass is 19.1. The maximum Gasteiger partial charge on any atom is 0.219 e. The van der Waals surface area contributed by atoms with Crippen molar-refractivity contribution in [3.8, 4) is 22.9 Å². The molecule has 2 aromatic heterocycles. The lowest BCUT2D eigenvalue weighted by molar-refractivity contribution is 0.414. The lowest BCUT2D eigenvalue weighted by Crippen LogP contribution is -2.01. The highest BCUT2D eigenvalue weighted by Crippen LogP contribution is 2.28. The van der Waals surface area contributed by atoms with E-state index in [0.717, 1.165) is 22.4 Å². The third-order valence-electron chi connectivity index (χ3n) is 5.56. The van der Waals surface area contributed by atoms with Crippen LogP contribution in [-0.4, -0.2) is 26.6 Å².